The van der Waals surface area contributed by atoms with Crippen LogP contribution in [0.4, 0.5) is 5.00 Å². The van der Waals surface area contributed by atoms with Crippen molar-refractivity contribution in [1.82, 2.24) is 10.2 Å². The fourth-order valence-electron chi connectivity index (χ4n) is 3.70. The molecule has 0 fully saturated rings. The van der Waals surface area contributed by atoms with Crippen molar-refractivity contribution in [3.8, 4) is 11.5 Å². The number of aromatic nitrogens is 2. The van der Waals surface area contributed by atoms with Crippen molar-refractivity contribution in [2.75, 3.05) is 17.7 Å². The Hall–Kier alpha value is -3.05. The Morgan fingerprint density at radius 1 is 1.21 bits per heavy atom. The molecule has 2 heterocycles. The van der Waals surface area contributed by atoms with Crippen LogP contribution in [-0.2, 0) is 32.2 Å². The van der Waals surface area contributed by atoms with E-state index in [1.165, 1.54) is 11.3 Å². The zero-order valence-corrected chi connectivity index (χ0v) is 19.8. The van der Waals surface area contributed by atoms with Crippen LogP contribution in [0.15, 0.2) is 33.9 Å². The first kappa shape index (κ1) is 23.1. The topological polar surface area (TPSA) is 128 Å². The molecule has 2 aromatic heterocycles. The Morgan fingerprint density at radius 2 is 2.00 bits per heavy atom. The van der Waals surface area contributed by atoms with Gasteiger partial charge < -0.3 is 14.5 Å². The molecule has 11 heteroatoms. The predicted molar refractivity (Wildman–Crippen MR) is 122 cm³/mol. The highest BCUT2D eigenvalue weighted by Gasteiger charge is 2.30. The van der Waals surface area contributed by atoms with Crippen molar-refractivity contribution in [2.24, 2.45) is 0 Å². The predicted octanol–water partition coefficient (Wildman–Crippen LogP) is 3.57. The van der Waals surface area contributed by atoms with Gasteiger partial charge >= 0.3 is 11.2 Å². The van der Waals surface area contributed by atoms with E-state index in [-0.39, 0.29) is 12.5 Å². The van der Waals surface area contributed by atoms with E-state index >= 15 is 0 Å². The molecular weight excluding hydrogens is 466 g/mol. The van der Waals surface area contributed by atoms with Crippen molar-refractivity contribution in [2.45, 2.75) is 44.8 Å². The van der Waals surface area contributed by atoms with Crippen LogP contribution < -0.4 is 5.32 Å². The van der Waals surface area contributed by atoms with Crippen molar-refractivity contribution < 1.29 is 27.2 Å². The minimum absolute atomic E-state index is 0.0493. The second kappa shape index (κ2) is 9.44. The van der Waals surface area contributed by atoms with Crippen LogP contribution in [-0.4, -0.2) is 42.9 Å². The van der Waals surface area contributed by atoms with E-state index in [9.17, 15) is 18.0 Å². The molecule has 0 spiro atoms. The summed E-state index contributed by atoms with van der Waals surface area (Å²) in [6.45, 7) is 3.79. The van der Waals surface area contributed by atoms with E-state index in [1.54, 1.807) is 25.1 Å². The Bertz CT molecular complexity index is 1310. The molecule has 1 amide bonds. The van der Waals surface area contributed by atoms with E-state index in [2.05, 4.69) is 15.5 Å². The number of aryl methyl sites for hydroxylation is 2. The number of fused-ring (bicyclic) bond motifs is 1. The first-order chi connectivity index (χ1) is 15.8. The number of rotatable bonds is 7. The molecule has 4 rings (SSSR count). The molecule has 3 aromatic rings. The third kappa shape index (κ3) is 4.98. The Morgan fingerprint density at radius 3 is 2.76 bits per heavy atom. The molecule has 0 unspecified atom stereocenters. The summed E-state index contributed by atoms with van der Waals surface area (Å²) in [6.07, 6.45) is 3.47. The maximum absolute atomic E-state index is 12.7. The van der Waals surface area contributed by atoms with Crippen molar-refractivity contribution in [1.29, 1.82) is 0 Å². The van der Waals surface area contributed by atoms with Gasteiger partial charge in [-0.1, -0.05) is 22.8 Å². The van der Waals surface area contributed by atoms with Crippen LogP contribution in [0.5, 0.6) is 0 Å². The molecular formula is C22H23N3O6S2. The average Bonchev–Trinajstić information content (AvgIpc) is 3.39. The summed E-state index contributed by atoms with van der Waals surface area (Å²) in [4.78, 5) is 26.2. The third-order valence-electron chi connectivity index (χ3n) is 5.16. The number of carbonyl (C=O) groups is 2. The average molecular weight is 490 g/mol. The zero-order valence-electron chi connectivity index (χ0n) is 18.2. The van der Waals surface area contributed by atoms with Crippen molar-refractivity contribution >= 4 is 38.1 Å². The lowest BCUT2D eigenvalue weighted by Gasteiger charge is -2.12. The third-order valence-corrected chi connectivity index (χ3v) is 7.71. The molecule has 174 valence electrons. The molecule has 0 saturated heterocycles. The molecule has 1 N–H and O–H groups in total. The van der Waals surface area contributed by atoms with Crippen molar-refractivity contribution in [3.63, 3.8) is 0 Å². The smallest absolute Gasteiger partial charge is 0.341 e. The lowest BCUT2D eigenvalue weighted by atomic mass is 9.95. The highest BCUT2D eigenvalue weighted by Crippen LogP contribution is 2.38. The summed E-state index contributed by atoms with van der Waals surface area (Å²) in [5, 5.41) is 9.69. The quantitative estimate of drug-likeness (QED) is 0.499. The number of nitrogens with one attached hydrogen (secondary N) is 1. The van der Waals surface area contributed by atoms with Crippen LogP contribution in [0, 0.1) is 6.92 Å². The highest BCUT2D eigenvalue weighted by atomic mass is 32.2. The van der Waals surface area contributed by atoms with E-state index in [4.69, 9.17) is 9.15 Å². The molecule has 0 radical (unpaired) electrons. The van der Waals surface area contributed by atoms with Crippen molar-refractivity contribution in [3.05, 3.63) is 45.8 Å². The van der Waals surface area contributed by atoms with Crippen LogP contribution in [0.25, 0.3) is 11.5 Å². The fraction of sp³-hybridized carbons (Fsp3) is 0.364. The van der Waals surface area contributed by atoms with Gasteiger partial charge in [0.15, 0.2) is 0 Å². The monoisotopic (exact) mass is 489 g/mol. The minimum atomic E-state index is -4.19. The molecule has 0 bridgehead atoms. The van der Waals surface area contributed by atoms with Gasteiger partial charge in [0.1, 0.15) is 10.8 Å². The summed E-state index contributed by atoms with van der Waals surface area (Å²) in [5.74, 6) is -2.16. The second-order valence-electron chi connectivity index (χ2n) is 7.69. The number of thiophene rings is 1. The Kier molecular flexibility index (Phi) is 6.61. The van der Waals surface area contributed by atoms with E-state index < -0.39 is 32.7 Å². The number of sulfone groups is 1. The van der Waals surface area contributed by atoms with Gasteiger partial charge in [-0.3, -0.25) is 4.79 Å². The van der Waals surface area contributed by atoms with Gasteiger partial charge in [0.25, 0.3) is 0 Å². The van der Waals surface area contributed by atoms with Crippen LogP contribution >= 0.6 is 11.3 Å². The normalized spacial score (nSPS) is 13.4. The largest absolute Gasteiger partial charge is 0.462 e. The maximum Gasteiger partial charge on any atom is 0.341 e. The van der Waals surface area contributed by atoms with Crippen LogP contribution in [0.3, 0.4) is 0 Å². The number of hydrogen-bond acceptors (Lipinski definition) is 9. The fourth-order valence-corrected chi connectivity index (χ4v) is 5.91. The Balaban J connectivity index is 1.53. The Labute approximate surface area is 195 Å². The number of nitrogens with zero attached hydrogens (tertiary/aromatic N) is 2. The number of carbonyl (C=O) groups excluding carboxylic acids is 2. The molecule has 33 heavy (non-hydrogen) atoms. The molecule has 1 aromatic carbocycles. The number of hydrogen-bond donors (Lipinski definition) is 1. The van der Waals surface area contributed by atoms with E-state index in [0.29, 0.717) is 16.1 Å². The van der Waals surface area contributed by atoms with Gasteiger partial charge in [-0.05, 0) is 57.2 Å². The molecule has 0 atom stereocenters. The van der Waals surface area contributed by atoms with Gasteiger partial charge in [-0.25, -0.2) is 13.2 Å². The number of ether oxygens (including phenoxy) is 1. The number of anilines is 1. The summed E-state index contributed by atoms with van der Waals surface area (Å²) in [6, 6.07) is 7.18. The van der Waals surface area contributed by atoms with E-state index in [1.807, 2.05) is 13.0 Å². The summed E-state index contributed by atoms with van der Waals surface area (Å²) >= 11 is 1.29. The summed E-state index contributed by atoms with van der Waals surface area (Å²) in [5.41, 5.74) is 2.73. The zero-order chi connectivity index (χ0) is 23.6. The van der Waals surface area contributed by atoms with Gasteiger partial charge in [-0.2, -0.15) is 0 Å². The molecule has 9 nitrogen and oxygen atoms in total. The number of esters is 1. The van der Waals surface area contributed by atoms with Crippen LogP contribution in [0.2, 0.25) is 0 Å². The second-order valence-corrected chi connectivity index (χ2v) is 10.7. The van der Waals surface area contributed by atoms with Gasteiger partial charge in [-0.15, -0.1) is 16.4 Å². The summed E-state index contributed by atoms with van der Waals surface area (Å²) in [7, 11) is -4.19. The highest BCUT2D eigenvalue weighted by molar-refractivity contribution is 7.91. The lowest BCUT2D eigenvalue weighted by molar-refractivity contribution is -0.113. The standard InChI is InChI=1S/C22H23N3O6S2/c1-3-30-21(27)18-15-9-4-5-10-16(15)32-20(18)23-17(26)12-33(28,29)22-25-24-19(31-22)14-8-6-7-13(2)11-14/h6-8,11H,3-5,9-10,12H2,1-2H3,(H,23,26). The van der Waals surface area contributed by atoms with Gasteiger partial charge in [0.05, 0.1) is 12.2 Å². The van der Waals surface area contributed by atoms with Gasteiger partial charge in [0.2, 0.25) is 21.6 Å². The van der Waals surface area contributed by atoms with E-state index in [0.717, 1.165) is 41.7 Å². The first-order valence-electron chi connectivity index (χ1n) is 10.5. The maximum atomic E-state index is 12.7. The molecule has 1 aliphatic rings. The number of benzene rings is 1. The first-order valence-corrected chi connectivity index (χ1v) is 13.0. The summed E-state index contributed by atoms with van der Waals surface area (Å²) < 4.78 is 35.9. The van der Waals surface area contributed by atoms with Crippen LogP contribution in [0.1, 0.15) is 46.1 Å². The molecule has 0 aliphatic heterocycles. The number of amides is 1. The molecule has 1 aliphatic carbocycles. The lowest BCUT2D eigenvalue weighted by Crippen LogP contribution is -2.24. The molecule has 0 saturated carbocycles. The van der Waals surface area contributed by atoms with Gasteiger partial charge in [0, 0.05) is 10.4 Å². The minimum Gasteiger partial charge on any atom is -0.462 e. The SMILES string of the molecule is CCOC(=O)c1c(NC(=O)CS(=O)(=O)c2nnc(-c3cccc(C)c3)o2)sc2c1CCCC2.